The van der Waals surface area contributed by atoms with Crippen molar-refractivity contribution in [3.8, 4) is 11.6 Å². The lowest BCUT2D eigenvalue weighted by molar-refractivity contribution is -0.385. The fourth-order valence-corrected chi connectivity index (χ4v) is 1.59. The largest absolute Gasteiger partial charge is 0.436 e. The molecule has 0 amide bonds. The van der Waals surface area contributed by atoms with Gasteiger partial charge in [0.25, 0.3) is 11.6 Å². The minimum absolute atomic E-state index is 0.00251. The molecule has 2 rings (SSSR count). The average Bonchev–Trinajstić information content (AvgIpc) is 2.33. The lowest BCUT2D eigenvalue weighted by Crippen LogP contribution is -1.96. The second kappa shape index (κ2) is 5.33. The van der Waals surface area contributed by atoms with Crippen LogP contribution in [-0.4, -0.2) is 20.1 Å². The molecule has 0 aliphatic heterocycles. The molecule has 1 aromatic carbocycles. The molecule has 0 fully saturated rings. The van der Waals surface area contributed by atoms with E-state index in [-0.39, 0.29) is 22.0 Å². The van der Waals surface area contributed by atoms with Crippen LogP contribution in [0.25, 0.3) is 0 Å². The van der Waals surface area contributed by atoms with Crippen LogP contribution >= 0.6 is 23.2 Å². The van der Waals surface area contributed by atoms with E-state index in [9.17, 15) is 10.1 Å². The van der Waals surface area contributed by atoms with E-state index in [1.54, 1.807) is 6.92 Å². The van der Waals surface area contributed by atoms with Gasteiger partial charge in [-0.3, -0.25) is 10.1 Å². The number of benzene rings is 1. The minimum atomic E-state index is -0.477. The topological polar surface area (TPSA) is 91.0 Å². The molecule has 0 aliphatic rings. The molecule has 9 heteroatoms. The highest BCUT2D eigenvalue weighted by Gasteiger charge is 2.13. The molecule has 0 atom stereocenters. The number of rotatable bonds is 3. The first-order chi connectivity index (χ1) is 8.97. The van der Waals surface area contributed by atoms with Crippen LogP contribution in [0.5, 0.6) is 11.6 Å². The van der Waals surface area contributed by atoms with Gasteiger partial charge in [0.05, 0.1) is 4.92 Å². The summed E-state index contributed by atoms with van der Waals surface area (Å²) in [6, 6.07) is 4.25. The molecule has 98 valence electrons. The summed E-state index contributed by atoms with van der Waals surface area (Å²) in [5.41, 5.74) is 0.448. The van der Waals surface area contributed by atoms with Crippen molar-refractivity contribution in [2.45, 2.75) is 6.92 Å². The Morgan fingerprint density at radius 2 is 2.05 bits per heavy atom. The van der Waals surface area contributed by atoms with Crippen molar-refractivity contribution < 1.29 is 9.66 Å². The summed E-state index contributed by atoms with van der Waals surface area (Å²) in [5.74, 6) is 0.316. The number of hydrogen-bond acceptors (Lipinski definition) is 6. The Labute approximate surface area is 117 Å². The number of nitrogens with zero attached hydrogens (tertiary/aromatic N) is 4. The SMILES string of the molecule is Cc1cc(Oc2nc(Cl)nnc2Cl)ccc1[N+](=O)[O-]. The molecule has 0 saturated carbocycles. The summed E-state index contributed by atoms with van der Waals surface area (Å²) < 4.78 is 5.35. The quantitative estimate of drug-likeness (QED) is 0.638. The molecule has 0 spiro atoms. The second-order valence-electron chi connectivity index (χ2n) is 3.48. The molecule has 0 unspecified atom stereocenters. The van der Waals surface area contributed by atoms with Gasteiger partial charge in [0, 0.05) is 11.6 Å². The maximum atomic E-state index is 10.7. The number of aromatic nitrogens is 3. The lowest BCUT2D eigenvalue weighted by atomic mass is 10.2. The zero-order valence-electron chi connectivity index (χ0n) is 9.50. The highest BCUT2D eigenvalue weighted by molar-refractivity contribution is 6.31. The molecule has 0 saturated heterocycles. The van der Waals surface area contributed by atoms with E-state index < -0.39 is 4.92 Å². The highest BCUT2D eigenvalue weighted by atomic mass is 35.5. The molecular formula is C10H6Cl2N4O3. The van der Waals surface area contributed by atoms with E-state index in [1.807, 2.05) is 0 Å². The van der Waals surface area contributed by atoms with Crippen LogP contribution in [0.1, 0.15) is 5.56 Å². The maximum absolute atomic E-state index is 10.7. The Bertz CT molecular complexity index is 651. The van der Waals surface area contributed by atoms with Crippen molar-refractivity contribution in [2.75, 3.05) is 0 Å². The van der Waals surface area contributed by atoms with Gasteiger partial charge in [0.2, 0.25) is 10.4 Å². The maximum Gasteiger partial charge on any atom is 0.272 e. The van der Waals surface area contributed by atoms with Crippen LogP contribution in [-0.2, 0) is 0 Å². The van der Waals surface area contributed by atoms with Gasteiger partial charge < -0.3 is 4.74 Å². The van der Waals surface area contributed by atoms with Crippen molar-refractivity contribution in [3.63, 3.8) is 0 Å². The fraction of sp³-hybridized carbons (Fsp3) is 0.100. The summed E-state index contributed by atoms with van der Waals surface area (Å²) >= 11 is 11.3. The molecular weight excluding hydrogens is 295 g/mol. The van der Waals surface area contributed by atoms with Crippen LogP contribution in [0.15, 0.2) is 18.2 Å². The third-order valence-electron chi connectivity index (χ3n) is 2.17. The first-order valence-corrected chi connectivity index (χ1v) is 5.71. The summed E-state index contributed by atoms with van der Waals surface area (Å²) in [6.45, 7) is 1.60. The standard InChI is InChI=1S/C10H6Cl2N4O3/c1-5-4-6(2-3-7(5)16(17)18)19-9-8(11)14-15-10(12)13-9/h2-4H,1H3. The van der Waals surface area contributed by atoms with Crippen LogP contribution in [0.2, 0.25) is 10.4 Å². The first kappa shape index (κ1) is 13.4. The minimum Gasteiger partial charge on any atom is -0.436 e. The number of halogens is 2. The van der Waals surface area contributed by atoms with Gasteiger partial charge in [0.1, 0.15) is 5.75 Å². The summed E-state index contributed by atoms with van der Waals surface area (Å²) in [4.78, 5) is 14.0. The molecule has 0 radical (unpaired) electrons. The van der Waals surface area contributed by atoms with E-state index >= 15 is 0 Å². The van der Waals surface area contributed by atoms with Crippen LogP contribution in [0.4, 0.5) is 5.69 Å². The predicted octanol–water partition coefficient (Wildman–Crippen LogP) is 3.19. The third-order valence-corrected chi connectivity index (χ3v) is 2.57. The Hall–Kier alpha value is -1.99. The summed E-state index contributed by atoms with van der Waals surface area (Å²) in [7, 11) is 0. The van der Waals surface area contributed by atoms with Crippen molar-refractivity contribution in [1.29, 1.82) is 0 Å². The van der Waals surface area contributed by atoms with Gasteiger partial charge in [0.15, 0.2) is 0 Å². The van der Waals surface area contributed by atoms with Crippen LogP contribution in [0, 0.1) is 17.0 Å². The zero-order valence-corrected chi connectivity index (χ0v) is 11.0. The van der Waals surface area contributed by atoms with Crippen molar-refractivity contribution in [1.82, 2.24) is 15.2 Å². The van der Waals surface area contributed by atoms with Crippen molar-refractivity contribution in [2.24, 2.45) is 0 Å². The average molecular weight is 301 g/mol. The van der Waals surface area contributed by atoms with Gasteiger partial charge in [-0.05, 0) is 30.7 Å². The number of nitro benzene ring substituents is 1. The number of ether oxygens (including phenoxy) is 1. The van der Waals surface area contributed by atoms with Crippen LogP contribution < -0.4 is 4.74 Å². The predicted molar refractivity (Wildman–Crippen MR) is 67.8 cm³/mol. The van der Waals surface area contributed by atoms with E-state index in [2.05, 4.69) is 15.2 Å². The van der Waals surface area contributed by atoms with E-state index in [0.29, 0.717) is 11.3 Å². The van der Waals surface area contributed by atoms with E-state index in [4.69, 9.17) is 27.9 Å². The van der Waals surface area contributed by atoms with Crippen LogP contribution in [0.3, 0.4) is 0 Å². The van der Waals surface area contributed by atoms with Gasteiger partial charge in [-0.1, -0.05) is 11.6 Å². The Kier molecular flexibility index (Phi) is 3.77. The summed E-state index contributed by atoms with van der Waals surface area (Å²) in [5, 5.41) is 17.5. The second-order valence-corrected chi connectivity index (χ2v) is 4.18. The lowest BCUT2D eigenvalue weighted by Gasteiger charge is -2.06. The van der Waals surface area contributed by atoms with Crippen molar-refractivity contribution >= 4 is 28.9 Å². The van der Waals surface area contributed by atoms with Crippen molar-refractivity contribution in [3.05, 3.63) is 44.3 Å². The monoisotopic (exact) mass is 300 g/mol. The van der Waals surface area contributed by atoms with Gasteiger partial charge in [-0.2, -0.15) is 4.98 Å². The highest BCUT2D eigenvalue weighted by Crippen LogP contribution is 2.29. The Morgan fingerprint density at radius 1 is 1.32 bits per heavy atom. The van der Waals surface area contributed by atoms with E-state index in [0.717, 1.165) is 0 Å². The molecule has 0 aliphatic carbocycles. The van der Waals surface area contributed by atoms with Gasteiger partial charge in [-0.25, -0.2) is 0 Å². The van der Waals surface area contributed by atoms with Gasteiger partial charge in [-0.15, -0.1) is 10.2 Å². The zero-order chi connectivity index (χ0) is 14.0. The number of nitro groups is 1. The Morgan fingerprint density at radius 3 is 2.68 bits per heavy atom. The number of hydrogen-bond donors (Lipinski definition) is 0. The third kappa shape index (κ3) is 3.07. The molecule has 19 heavy (non-hydrogen) atoms. The Balaban J connectivity index is 2.31. The van der Waals surface area contributed by atoms with Gasteiger partial charge >= 0.3 is 0 Å². The smallest absolute Gasteiger partial charge is 0.272 e. The fourth-order valence-electron chi connectivity index (χ4n) is 1.35. The first-order valence-electron chi connectivity index (χ1n) is 4.96. The molecule has 0 bridgehead atoms. The normalized spacial score (nSPS) is 10.3. The molecule has 1 heterocycles. The summed E-state index contributed by atoms with van der Waals surface area (Å²) in [6.07, 6.45) is 0. The molecule has 2 aromatic rings. The molecule has 1 aromatic heterocycles. The molecule has 0 N–H and O–H groups in total. The number of aryl methyl sites for hydroxylation is 1. The van der Waals surface area contributed by atoms with E-state index in [1.165, 1.54) is 18.2 Å². The molecule has 7 nitrogen and oxygen atoms in total.